The number of esters is 2. The van der Waals surface area contributed by atoms with Gasteiger partial charge in [0.2, 0.25) is 5.91 Å². The summed E-state index contributed by atoms with van der Waals surface area (Å²) in [7, 11) is 8.19. The highest BCUT2D eigenvalue weighted by Gasteiger charge is 2.56. The van der Waals surface area contributed by atoms with Crippen LogP contribution in [0.25, 0.3) is 0 Å². The van der Waals surface area contributed by atoms with Gasteiger partial charge in [-0.2, -0.15) is 0 Å². The third kappa shape index (κ3) is 8.04. The van der Waals surface area contributed by atoms with Crippen molar-refractivity contribution in [3.05, 3.63) is 0 Å². The molecule has 14 nitrogen and oxygen atoms in total. The van der Waals surface area contributed by atoms with Crippen LogP contribution in [-0.4, -0.2) is 134 Å². The van der Waals surface area contributed by atoms with Gasteiger partial charge < -0.3 is 43.9 Å². The minimum Gasteiger partial charge on any atom is -0.458 e. The number of likely N-dealkylation sites (N-methyl/N-ethyl adjacent to an activating group) is 2. The molecule has 3 heterocycles. The Balaban J connectivity index is 2.09. The van der Waals surface area contributed by atoms with E-state index in [1.165, 1.54) is 18.9 Å². The standard InChI is InChI=1S/C34H57N3O11/c1-13-24-34(7)21(14-25(38)48-34)20(5)35-29(41)17(2)16-33(6,44-12)28(18(3)26(39)19(4)31(43)46-24)47-32-27(40)22(36(8)9)15-23(45-32)30(42)37(10)11/h17-24,27-28,32,40H,13-16H2,1-12H3,(H,35,41)/t17-,18+,19?,20-,21-,22?,23?,24-,27?,28-,32?,33-,34+/m1/s1. The quantitative estimate of drug-likeness (QED) is 0.304. The van der Waals surface area contributed by atoms with Crippen molar-refractivity contribution in [2.24, 2.45) is 23.7 Å². The van der Waals surface area contributed by atoms with E-state index in [1.807, 2.05) is 0 Å². The van der Waals surface area contributed by atoms with Crippen LogP contribution in [0, 0.1) is 23.7 Å². The average Bonchev–Trinajstić information content (AvgIpc) is 3.34. The molecule has 0 aromatic rings. The van der Waals surface area contributed by atoms with Crippen LogP contribution in [0.2, 0.25) is 0 Å². The second-order valence-electron chi connectivity index (χ2n) is 14.7. The zero-order valence-electron chi connectivity index (χ0n) is 30.6. The van der Waals surface area contributed by atoms with Gasteiger partial charge in [0.25, 0.3) is 5.91 Å². The normalized spacial score (nSPS) is 41.8. The van der Waals surface area contributed by atoms with E-state index in [-0.39, 0.29) is 31.1 Å². The minimum atomic E-state index is -1.36. The number of nitrogens with zero attached hydrogens (tertiary/aromatic N) is 2. The van der Waals surface area contributed by atoms with Gasteiger partial charge in [-0.1, -0.05) is 20.8 Å². The number of cyclic esters (lactones) is 1. The fourth-order valence-electron chi connectivity index (χ4n) is 7.56. The monoisotopic (exact) mass is 683 g/mol. The van der Waals surface area contributed by atoms with Gasteiger partial charge in [0.05, 0.1) is 18.1 Å². The Hall–Kier alpha value is -2.65. The molecule has 48 heavy (non-hydrogen) atoms. The van der Waals surface area contributed by atoms with E-state index in [0.717, 1.165) is 0 Å². The molecule has 0 radical (unpaired) electrons. The molecular weight excluding hydrogens is 626 g/mol. The summed E-state index contributed by atoms with van der Waals surface area (Å²) in [6, 6.07) is -1.06. The number of aliphatic hydroxyl groups excluding tert-OH is 1. The number of ketones is 1. The number of ether oxygens (including phenoxy) is 5. The smallest absolute Gasteiger partial charge is 0.316 e. The molecule has 0 aromatic carbocycles. The summed E-state index contributed by atoms with van der Waals surface area (Å²) in [5.41, 5.74) is -2.57. The molecule has 274 valence electrons. The van der Waals surface area contributed by atoms with Gasteiger partial charge in [-0.15, -0.1) is 0 Å². The molecule has 0 aromatic heterocycles. The number of aliphatic hydroxyl groups is 1. The van der Waals surface area contributed by atoms with Crippen molar-refractivity contribution in [1.29, 1.82) is 0 Å². The lowest BCUT2D eigenvalue weighted by Crippen LogP contribution is -2.61. The number of rotatable bonds is 6. The number of carbonyl (C=O) groups is 5. The summed E-state index contributed by atoms with van der Waals surface area (Å²) in [6.45, 7) is 11.7. The zero-order valence-corrected chi connectivity index (χ0v) is 30.6. The SMILES string of the molecule is CC[C@H]1OC(=O)C(C)C(=O)[C@H](C)[C@@H](OC2OC(C(=O)N(C)C)CC(N(C)C)C2O)[C@](C)(OC)C[C@@H](C)C(=O)N[C@H](C)[C@H]2CC(=O)O[C@@]21C. The minimum absolute atomic E-state index is 0.0204. The first-order valence-electron chi connectivity index (χ1n) is 16.9. The summed E-state index contributed by atoms with van der Waals surface area (Å²) < 4.78 is 30.3. The predicted octanol–water partition coefficient (Wildman–Crippen LogP) is 1.30. The lowest BCUT2D eigenvalue weighted by atomic mass is 9.78. The molecule has 3 rings (SSSR count). The Labute approximate surface area is 284 Å². The molecule has 3 aliphatic rings. The Morgan fingerprint density at radius 2 is 1.69 bits per heavy atom. The summed E-state index contributed by atoms with van der Waals surface area (Å²) in [4.78, 5) is 70.3. The van der Waals surface area contributed by atoms with Crippen LogP contribution in [0.1, 0.15) is 74.1 Å². The lowest BCUT2D eigenvalue weighted by Gasteiger charge is -2.47. The molecule has 5 unspecified atom stereocenters. The molecule has 2 amide bonds. The fourth-order valence-corrected chi connectivity index (χ4v) is 7.56. The van der Waals surface area contributed by atoms with Crippen molar-refractivity contribution in [2.75, 3.05) is 35.3 Å². The average molecular weight is 684 g/mol. The number of hydrogen-bond donors (Lipinski definition) is 2. The van der Waals surface area contributed by atoms with Crippen molar-refractivity contribution in [3.8, 4) is 0 Å². The molecule has 3 saturated heterocycles. The second-order valence-corrected chi connectivity index (χ2v) is 14.7. The molecule has 0 aliphatic carbocycles. The summed E-state index contributed by atoms with van der Waals surface area (Å²) in [6.07, 6.45) is -4.97. The topological polar surface area (TPSA) is 170 Å². The van der Waals surface area contributed by atoms with Crippen molar-refractivity contribution >= 4 is 29.5 Å². The Morgan fingerprint density at radius 3 is 2.23 bits per heavy atom. The molecule has 0 spiro atoms. The molecule has 0 saturated carbocycles. The van der Waals surface area contributed by atoms with Crippen LogP contribution in [-0.2, 0) is 47.7 Å². The maximum absolute atomic E-state index is 14.1. The summed E-state index contributed by atoms with van der Waals surface area (Å²) >= 11 is 0. The van der Waals surface area contributed by atoms with Gasteiger partial charge in [-0.25, -0.2) is 0 Å². The molecule has 14 heteroatoms. The van der Waals surface area contributed by atoms with Crippen LogP contribution in [0.15, 0.2) is 0 Å². The highest BCUT2D eigenvalue weighted by atomic mass is 16.7. The van der Waals surface area contributed by atoms with Gasteiger partial charge >= 0.3 is 11.9 Å². The molecule has 3 fully saturated rings. The van der Waals surface area contributed by atoms with Crippen LogP contribution in [0.4, 0.5) is 0 Å². The first kappa shape index (κ1) is 39.8. The summed E-state index contributed by atoms with van der Waals surface area (Å²) in [5, 5.41) is 14.5. The molecule has 2 N–H and O–H groups in total. The number of amides is 2. The Kier molecular flexibility index (Phi) is 12.8. The number of carbonyl (C=O) groups excluding carboxylic acids is 5. The van der Waals surface area contributed by atoms with Crippen LogP contribution in [0.3, 0.4) is 0 Å². The van der Waals surface area contributed by atoms with Crippen molar-refractivity contribution in [3.63, 3.8) is 0 Å². The van der Waals surface area contributed by atoms with Crippen LogP contribution < -0.4 is 5.32 Å². The van der Waals surface area contributed by atoms with Crippen molar-refractivity contribution in [2.45, 2.75) is 128 Å². The third-order valence-electron chi connectivity index (χ3n) is 10.7. The first-order chi connectivity index (χ1) is 22.2. The highest BCUT2D eigenvalue weighted by Crippen LogP contribution is 2.42. The fraction of sp³-hybridized carbons (Fsp3) is 0.853. The Morgan fingerprint density at radius 1 is 1.06 bits per heavy atom. The van der Waals surface area contributed by atoms with E-state index in [1.54, 1.807) is 74.6 Å². The second kappa shape index (κ2) is 15.5. The van der Waals surface area contributed by atoms with E-state index < -0.39 is 95.4 Å². The maximum Gasteiger partial charge on any atom is 0.316 e. The maximum atomic E-state index is 14.1. The predicted molar refractivity (Wildman–Crippen MR) is 173 cm³/mol. The number of Topliss-reactive ketones (excluding diaryl/α,β-unsaturated/α-hetero) is 1. The van der Waals surface area contributed by atoms with E-state index in [4.69, 9.17) is 23.7 Å². The third-order valence-corrected chi connectivity index (χ3v) is 10.7. The largest absolute Gasteiger partial charge is 0.458 e. The molecular formula is C34H57N3O11. The van der Waals surface area contributed by atoms with Crippen molar-refractivity contribution in [1.82, 2.24) is 15.1 Å². The lowest BCUT2D eigenvalue weighted by molar-refractivity contribution is -0.294. The first-order valence-corrected chi connectivity index (χ1v) is 16.9. The van der Waals surface area contributed by atoms with Crippen LogP contribution >= 0.6 is 0 Å². The number of hydrogen-bond acceptors (Lipinski definition) is 12. The highest BCUT2D eigenvalue weighted by molar-refractivity contribution is 6.00. The van der Waals surface area contributed by atoms with Gasteiger partial charge in [-0.05, 0) is 54.6 Å². The van der Waals surface area contributed by atoms with E-state index >= 15 is 0 Å². The van der Waals surface area contributed by atoms with Gasteiger partial charge in [0, 0.05) is 57.5 Å². The Bertz CT molecular complexity index is 1210. The zero-order chi connectivity index (χ0) is 36.5. The van der Waals surface area contributed by atoms with Gasteiger partial charge in [-0.3, -0.25) is 24.0 Å². The van der Waals surface area contributed by atoms with Gasteiger partial charge in [0.1, 0.15) is 24.2 Å². The summed E-state index contributed by atoms with van der Waals surface area (Å²) in [5.74, 6) is -5.89. The number of nitrogens with one attached hydrogen (secondary N) is 1. The van der Waals surface area contributed by atoms with Gasteiger partial charge in [0.15, 0.2) is 17.7 Å². The van der Waals surface area contributed by atoms with E-state index in [2.05, 4.69) is 5.32 Å². The van der Waals surface area contributed by atoms with Crippen LogP contribution in [0.5, 0.6) is 0 Å². The molecule has 13 atom stereocenters. The van der Waals surface area contributed by atoms with E-state index in [9.17, 15) is 29.1 Å². The number of methoxy groups -OCH3 is 1. The number of fused-ring (bicyclic) bond motifs is 1. The molecule has 0 bridgehead atoms. The molecule has 3 aliphatic heterocycles. The van der Waals surface area contributed by atoms with Crippen molar-refractivity contribution < 1.29 is 52.8 Å². The van der Waals surface area contributed by atoms with E-state index in [0.29, 0.717) is 6.42 Å².